The van der Waals surface area contributed by atoms with Crippen molar-refractivity contribution in [3.63, 3.8) is 0 Å². The minimum Gasteiger partial charge on any atom is -0.207 e. The maximum absolute atomic E-state index is 13.4. The van der Waals surface area contributed by atoms with Crippen molar-refractivity contribution in [2.75, 3.05) is 0 Å². The van der Waals surface area contributed by atoms with Gasteiger partial charge in [0, 0.05) is 4.83 Å². The van der Waals surface area contributed by atoms with Gasteiger partial charge in [-0.2, -0.15) is 0 Å². The highest BCUT2D eigenvalue weighted by Crippen LogP contribution is 2.39. The molecule has 0 aliphatic heterocycles. The number of hydrogen-bond acceptors (Lipinski definition) is 0. The van der Waals surface area contributed by atoms with Gasteiger partial charge in [-0.15, -0.1) is 0 Å². The van der Waals surface area contributed by atoms with Gasteiger partial charge in [0.2, 0.25) is 0 Å². The maximum atomic E-state index is 13.4. The lowest BCUT2D eigenvalue weighted by atomic mass is 9.74. The minimum atomic E-state index is -0.108. The van der Waals surface area contributed by atoms with Crippen LogP contribution in [0.2, 0.25) is 0 Å². The molecule has 1 aromatic carbocycles. The van der Waals surface area contributed by atoms with Gasteiger partial charge in [0.25, 0.3) is 0 Å². The van der Waals surface area contributed by atoms with Gasteiger partial charge < -0.3 is 0 Å². The van der Waals surface area contributed by atoms with E-state index in [1.165, 1.54) is 30.4 Å². The third-order valence-electron chi connectivity index (χ3n) is 4.67. The Balaban J connectivity index is 2.09. The van der Waals surface area contributed by atoms with Crippen LogP contribution in [0, 0.1) is 30.5 Å². The molecule has 0 spiro atoms. The predicted octanol–water partition coefficient (Wildman–Crippen LogP) is 5.51. The topological polar surface area (TPSA) is 0 Å². The monoisotopic (exact) mass is 326 g/mol. The van der Waals surface area contributed by atoms with Crippen molar-refractivity contribution >= 4 is 15.9 Å². The molecule has 0 amide bonds. The van der Waals surface area contributed by atoms with Crippen molar-refractivity contribution in [3.8, 4) is 0 Å². The Morgan fingerprint density at radius 3 is 2.74 bits per heavy atom. The van der Waals surface area contributed by atoms with Gasteiger partial charge in [0.05, 0.1) is 0 Å². The zero-order valence-corrected chi connectivity index (χ0v) is 13.7. The number of benzene rings is 1. The van der Waals surface area contributed by atoms with E-state index < -0.39 is 0 Å². The molecule has 0 saturated heterocycles. The number of rotatable bonds is 3. The summed E-state index contributed by atoms with van der Waals surface area (Å²) in [5, 5.41) is 0. The van der Waals surface area contributed by atoms with Gasteiger partial charge in [-0.1, -0.05) is 35.8 Å². The summed E-state index contributed by atoms with van der Waals surface area (Å²) in [5.74, 6) is 2.12. The van der Waals surface area contributed by atoms with Crippen molar-refractivity contribution in [1.82, 2.24) is 0 Å². The fraction of sp³-hybridized carbons (Fsp3) is 0.647. The largest absolute Gasteiger partial charge is 0.207 e. The molecule has 3 atom stereocenters. The first-order valence-electron chi connectivity index (χ1n) is 7.36. The molecule has 0 heterocycles. The van der Waals surface area contributed by atoms with Crippen LogP contribution in [0.3, 0.4) is 0 Å². The molecule has 0 aromatic heterocycles. The van der Waals surface area contributed by atoms with Crippen molar-refractivity contribution in [2.24, 2.45) is 17.8 Å². The van der Waals surface area contributed by atoms with E-state index in [9.17, 15) is 4.39 Å². The SMILES string of the molecule is Cc1ccc(F)cc1CC1CC(C(C)C)CCC1Br. The molecule has 1 aliphatic rings. The van der Waals surface area contributed by atoms with Gasteiger partial charge in [-0.25, -0.2) is 4.39 Å². The molecule has 0 N–H and O–H groups in total. The van der Waals surface area contributed by atoms with Crippen molar-refractivity contribution in [1.29, 1.82) is 0 Å². The minimum absolute atomic E-state index is 0.108. The number of aryl methyl sites for hydroxylation is 1. The first-order valence-corrected chi connectivity index (χ1v) is 8.28. The summed E-state index contributed by atoms with van der Waals surface area (Å²) in [5.41, 5.74) is 2.40. The number of alkyl halides is 1. The Kier molecular flexibility index (Phi) is 5.05. The van der Waals surface area contributed by atoms with E-state index in [4.69, 9.17) is 0 Å². The maximum Gasteiger partial charge on any atom is 0.123 e. The van der Waals surface area contributed by atoms with Crippen LogP contribution in [0.5, 0.6) is 0 Å². The summed E-state index contributed by atoms with van der Waals surface area (Å²) in [6, 6.07) is 5.17. The molecule has 0 radical (unpaired) electrons. The first kappa shape index (κ1) is 15.0. The molecule has 0 bridgehead atoms. The lowest BCUT2D eigenvalue weighted by Crippen LogP contribution is -2.29. The standard InChI is InChI=1S/C17H24BrF/c1-11(2)13-5-7-17(18)15(8-13)9-14-10-16(19)6-4-12(14)3/h4,6,10-11,13,15,17H,5,7-9H2,1-3H3. The second kappa shape index (κ2) is 6.39. The number of halogens is 2. The zero-order valence-electron chi connectivity index (χ0n) is 12.1. The Hall–Kier alpha value is -0.370. The normalized spacial score (nSPS) is 27.8. The van der Waals surface area contributed by atoms with Crippen LogP contribution in [-0.2, 0) is 6.42 Å². The van der Waals surface area contributed by atoms with Crippen molar-refractivity contribution in [2.45, 2.75) is 51.3 Å². The van der Waals surface area contributed by atoms with E-state index in [-0.39, 0.29) is 5.82 Å². The summed E-state index contributed by atoms with van der Waals surface area (Å²) < 4.78 is 13.4. The Bertz CT molecular complexity index is 427. The highest BCUT2D eigenvalue weighted by atomic mass is 79.9. The third kappa shape index (κ3) is 3.81. The molecule has 0 nitrogen and oxygen atoms in total. The zero-order chi connectivity index (χ0) is 14.0. The molecule has 2 rings (SSSR count). The highest BCUT2D eigenvalue weighted by Gasteiger charge is 2.30. The van der Waals surface area contributed by atoms with Gasteiger partial charge in [-0.3, -0.25) is 0 Å². The van der Waals surface area contributed by atoms with E-state index in [0.29, 0.717) is 10.7 Å². The van der Waals surface area contributed by atoms with Crippen molar-refractivity contribution < 1.29 is 4.39 Å². The number of hydrogen-bond donors (Lipinski definition) is 0. The van der Waals surface area contributed by atoms with E-state index in [1.807, 2.05) is 6.07 Å². The van der Waals surface area contributed by atoms with Gasteiger partial charge in [0.1, 0.15) is 5.82 Å². The van der Waals surface area contributed by atoms with E-state index in [0.717, 1.165) is 18.3 Å². The van der Waals surface area contributed by atoms with Gasteiger partial charge in [-0.05, 0) is 73.6 Å². The fourth-order valence-corrected chi connectivity index (χ4v) is 3.89. The quantitative estimate of drug-likeness (QED) is 0.642. The van der Waals surface area contributed by atoms with Crippen LogP contribution < -0.4 is 0 Å². The molecule has 1 aromatic rings. The first-order chi connectivity index (χ1) is 8.97. The molecule has 2 heteroatoms. The second-order valence-electron chi connectivity index (χ2n) is 6.37. The van der Waals surface area contributed by atoms with Crippen LogP contribution >= 0.6 is 15.9 Å². The van der Waals surface area contributed by atoms with E-state index >= 15 is 0 Å². The van der Waals surface area contributed by atoms with E-state index in [2.05, 4.69) is 36.7 Å². The molecule has 1 aliphatic carbocycles. The Morgan fingerprint density at radius 2 is 2.05 bits per heavy atom. The summed E-state index contributed by atoms with van der Waals surface area (Å²) >= 11 is 3.84. The Morgan fingerprint density at radius 1 is 1.32 bits per heavy atom. The third-order valence-corrected chi connectivity index (χ3v) is 5.87. The summed E-state index contributed by atoms with van der Waals surface area (Å²) in [6.45, 7) is 6.73. The molecular formula is C17H24BrF. The van der Waals surface area contributed by atoms with Crippen LogP contribution in [0.4, 0.5) is 4.39 Å². The van der Waals surface area contributed by atoms with Crippen LogP contribution in [-0.4, -0.2) is 4.83 Å². The molecule has 3 unspecified atom stereocenters. The molecule has 1 fully saturated rings. The average Bonchev–Trinajstić information content (AvgIpc) is 2.36. The smallest absolute Gasteiger partial charge is 0.123 e. The van der Waals surface area contributed by atoms with Crippen LogP contribution in [0.25, 0.3) is 0 Å². The van der Waals surface area contributed by atoms with Gasteiger partial charge >= 0.3 is 0 Å². The second-order valence-corrected chi connectivity index (χ2v) is 7.54. The molecule has 19 heavy (non-hydrogen) atoms. The summed E-state index contributed by atoms with van der Waals surface area (Å²) in [7, 11) is 0. The van der Waals surface area contributed by atoms with Gasteiger partial charge in [0.15, 0.2) is 0 Å². The highest BCUT2D eigenvalue weighted by molar-refractivity contribution is 9.09. The lowest BCUT2D eigenvalue weighted by Gasteiger charge is -2.35. The van der Waals surface area contributed by atoms with Crippen LogP contribution in [0.1, 0.15) is 44.2 Å². The average molecular weight is 327 g/mol. The Labute approximate surface area is 124 Å². The summed E-state index contributed by atoms with van der Waals surface area (Å²) in [4.78, 5) is 0.588. The fourth-order valence-electron chi connectivity index (χ4n) is 3.22. The molecular weight excluding hydrogens is 303 g/mol. The van der Waals surface area contributed by atoms with Crippen molar-refractivity contribution in [3.05, 3.63) is 35.1 Å². The molecule has 1 saturated carbocycles. The molecule has 106 valence electrons. The predicted molar refractivity (Wildman–Crippen MR) is 83.2 cm³/mol. The van der Waals surface area contributed by atoms with Crippen LogP contribution in [0.15, 0.2) is 18.2 Å². The summed E-state index contributed by atoms with van der Waals surface area (Å²) in [6.07, 6.45) is 4.85. The van der Waals surface area contributed by atoms with E-state index in [1.54, 1.807) is 12.1 Å². The lowest BCUT2D eigenvalue weighted by molar-refractivity contribution is 0.222.